The largest absolute Gasteiger partial charge is 0.508 e. The number of unbranched alkanes of at least 4 members (excludes halogenated alkanes) is 30. The van der Waals surface area contributed by atoms with Gasteiger partial charge in [-0.25, -0.2) is 0 Å². The van der Waals surface area contributed by atoms with Gasteiger partial charge in [-0.1, -0.05) is 212 Å². The highest BCUT2D eigenvalue weighted by molar-refractivity contribution is 7.99. The van der Waals surface area contributed by atoms with E-state index in [-0.39, 0.29) is 5.54 Å². The summed E-state index contributed by atoms with van der Waals surface area (Å²) in [6.45, 7) is 11.4. The van der Waals surface area contributed by atoms with Crippen molar-refractivity contribution in [3.05, 3.63) is 24.3 Å². The minimum atomic E-state index is -0.186. The van der Waals surface area contributed by atoms with E-state index in [1.54, 1.807) is 24.1 Å². The number of rotatable bonds is 38. The Hall–Kier alpha value is -1.34. The molecule has 2 aromatic rings. The van der Waals surface area contributed by atoms with Crippen LogP contribution in [0.5, 0.6) is 5.75 Å². The molecule has 0 amide bonds. The number of aromatic hydroxyl groups is 1. The number of benzene rings is 1. The van der Waals surface area contributed by atoms with Crippen molar-refractivity contribution in [2.24, 2.45) is 0 Å². The van der Waals surface area contributed by atoms with Crippen LogP contribution in [0.15, 0.2) is 29.3 Å². The van der Waals surface area contributed by atoms with Gasteiger partial charge in [0, 0.05) is 17.0 Å². The Morgan fingerprint density at radius 3 is 1.22 bits per heavy atom. The molecule has 7 heteroatoms. The Labute approximate surface area is 350 Å². The third-order valence-corrected chi connectivity index (χ3v) is 13.0. The summed E-state index contributed by atoms with van der Waals surface area (Å²) in [5.74, 6) is 3.48. The van der Waals surface area contributed by atoms with E-state index in [9.17, 15) is 5.11 Å². The number of nitrogens with zero attached hydrogens (tertiary/aromatic N) is 4. The first-order chi connectivity index (χ1) is 26.9. The Morgan fingerprint density at radius 1 is 0.509 bits per heavy atom. The summed E-state index contributed by atoms with van der Waals surface area (Å²) in [5, 5.41) is 20.6. The van der Waals surface area contributed by atoms with Crippen LogP contribution < -0.4 is 4.90 Å². The average molecular weight is 801 g/mol. The molecule has 0 atom stereocenters. The fraction of sp³-hybridized carbons (Fsp3) is 0.833. The zero-order valence-electron chi connectivity index (χ0n) is 36.9. The molecule has 0 bridgehead atoms. The monoisotopic (exact) mass is 801 g/mol. The topological polar surface area (TPSA) is 54.2 Å². The number of thioether (sulfide) groups is 1. The lowest BCUT2D eigenvalue weighted by Crippen LogP contribution is -2.39. The summed E-state index contributed by atoms with van der Waals surface area (Å²) in [7, 11) is 0. The molecule has 5 nitrogen and oxygen atoms in total. The molecule has 0 aliphatic carbocycles. The third-order valence-electron chi connectivity index (χ3n) is 11.0. The SMILES string of the molecule is CCCCCCCCCCCCCCCCCCSc1nnn(SCCCCCCCCCCCCCCCCCC)c1N(c1ccc(O)cc1)C(C)(C)C. The van der Waals surface area contributed by atoms with Crippen LogP contribution in [-0.4, -0.2) is 36.6 Å². The molecule has 0 aliphatic heterocycles. The van der Waals surface area contributed by atoms with E-state index in [0.29, 0.717) is 5.75 Å². The molecule has 1 N–H and O–H groups in total. The van der Waals surface area contributed by atoms with E-state index in [1.807, 2.05) is 23.9 Å². The predicted octanol–water partition coefficient (Wildman–Crippen LogP) is 17.0. The van der Waals surface area contributed by atoms with Gasteiger partial charge < -0.3 is 10.0 Å². The molecule has 0 spiro atoms. The van der Waals surface area contributed by atoms with Crippen molar-refractivity contribution in [3.8, 4) is 5.75 Å². The standard InChI is InChI=1S/C48H88N4OS2/c1-6-8-10-12-14-16-18-20-22-24-26-28-30-32-34-36-42-54-46-47(51(48(3,4)5)44-38-40-45(53)41-39-44)52(50-49-46)55-43-37-35-33-31-29-27-25-23-21-19-17-15-13-11-9-7-2/h38-41,53H,6-37,42-43H2,1-5H3. The maximum absolute atomic E-state index is 10.1. The Kier molecular flexibility index (Phi) is 30.4. The van der Waals surface area contributed by atoms with E-state index in [2.05, 4.69) is 43.6 Å². The Morgan fingerprint density at radius 2 is 0.855 bits per heavy atom. The van der Waals surface area contributed by atoms with E-state index in [0.717, 1.165) is 28.0 Å². The lowest BCUT2D eigenvalue weighted by Gasteiger charge is -2.37. The van der Waals surface area contributed by atoms with Crippen molar-refractivity contribution < 1.29 is 5.11 Å². The highest BCUT2D eigenvalue weighted by atomic mass is 32.2. The number of hydrogen-bond acceptors (Lipinski definition) is 6. The normalized spacial score (nSPS) is 11.9. The van der Waals surface area contributed by atoms with Gasteiger partial charge in [-0.2, -0.15) is 4.09 Å². The minimum absolute atomic E-state index is 0.186. The van der Waals surface area contributed by atoms with Gasteiger partial charge in [0.25, 0.3) is 0 Å². The molecule has 1 aromatic heterocycles. The number of phenols is 1. The Bertz CT molecular complexity index is 1080. The summed E-state index contributed by atoms with van der Waals surface area (Å²) >= 11 is 3.66. The molecule has 0 aliphatic rings. The molecule has 318 valence electrons. The number of anilines is 2. The van der Waals surface area contributed by atoms with Crippen LogP contribution in [0, 0.1) is 0 Å². The Balaban J connectivity index is 1.70. The van der Waals surface area contributed by atoms with Crippen molar-refractivity contribution in [1.82, 2.24) is 14.4 Å². The van der Waals surface area contributed by atoms with Crippen LogP contribution in [0.25, 0.3) is 0 Å². The van der Waals surface area contributed by atoms with Gasteiger partial charge >= 0.3 is 0 Å². The second-order valence-electron chi connectivity index (χ2n) is 17.4. The van der Waals surface area contributed by atoms with Gasteiger partial charge in [0.1, 0.15) is 5.75 Å². The quantitative estimate of drug-likeness (QED) is 0.0539. The summed E-state index contributed by atoms with van der Waals surface area (Å²) in [4.78, 5) is 2.36. The minimum Gasteiger partial charge on any atom is -0.508 e. The van der Waals surface area contributed by atoms with E-state index in [4.69, 9.17) is 10.3 Å². The number of phenolic OH excluding ortho intramolecular Hbond substituents is 1. The summed E-state index contributed by atoms with van der Waals surface area (Å²) in [6, 6.07) is 7.61. The molecule has 0 saturated carbocycles. The van der Waals surface area contributed by atoms with Gasteiger partial charge in [0.05, 0.1) is 0 Å². The van der Waals surface area contributed by atoms with Gasteiger partial charge in [-0.3, -0.25) is 0 Å². The maximum Gasteiger partial charge on any atom is 0.178 e. The first-order valence-corrected chi connectivity index (χ1v) is 25.6. The lowest BCUT2D eigenvalue weighted by molar-refractivity contribution is 0.475. The number of aromatic nitrogens is 3. The van der Waals surface area contributed by atoms with Crippen LogP contribution in [-0.2, 0) is 0 Å². The maximum atomic E-state index is 10.1. The van der Waals surface area contributed by atoms with Crippen molar-refractivity contribution in [3.63, 3.8) is 0 Å². The van der Waals surface area contributed by atoms with Gasteiger partial charge in [0.15, 0.2) is 10.8 Å². The smallest absolute Gasteiger partial charge is 0.178 e. The van der Waals surface area contributed by atoms with Crippen LogP contribution in [0.3, 0.4) is 0 Å². The van der Waals surface area contributed by atoms with Crippen LogP contribution in [0.2, 0.25) is 0 Å². The van der Waals surface area contributed by atoms with Crippen molar-refractivity contribution in [1.29, 1.82) is 0 Å². The predicted molar refractivity (Wildman–Crippen MR) is 248 cm³/mol. The molecule has 1 aromatic carbocycles. The molecule has 55 heavy (non-hydrogen) atoms. The van der Waals surface area contributed by atoms with E-state index >= 15 is 0 Å². The fourth-order valence-electron chi connectivity index (χ4n) is 7.66. The number of hydrogen-bond donors (Lipinski definition) is 1. The lowest BCUT2D eigenvalue weighted by atomic mass is 10.0. The molecule has 0 unspecified atom stereocenters. The van der Waals surface area contributed by atoms with Crippen LogP contribution in [0.1, 0.15) is 240 Å². The molecular weight excluding hydrogens is 713 g/mol. The third kappa shape index (κ3) is 24.9. The van der Waals surface area contributed by atoms with E-state index in [1.165, 1.54) is 205 Å². The first-order valence-electron chi connectivity index (χ1n) is 23.7. The highest BCUT2D eigenvalue weighted by Crippen LogP contribution is 2.40. The summed E-state index contributed by atoms with van der Waals surface area (Å²) in [5.41, 5.74) is 0.871. The summed E-state index contributed by atoms with van der Waals surface area (Å²) < 4.78 is 2.08. The van der Waals surface area contributed by atoms with Crippen LogP contribution in [0.4, 0.5) is 11.5 Å². The second kappa shape index (κ2) is 33.6. The molecular formula is C48H88N4OS2. The van der Waals surface area contributed by atoms with Crippen molar-refractivity contribution in [2.45, 2.75) is 251 Å². The van der Waals surface area contributed by atoms with Crippen LogP contribution >= 0.6 is 23.7 Å². The van der Waals surface area contributed by atoms with E-state index < -0.39 is 0 Å². The zero-order valence-corrected chi connectivity index (χ0v) is 38.5. The average Bonchev–Trinajstić information content (AvgIpc) is 3.55. The second-order valence-corrected chi connectivity index (χ2v) is 19.5. The van der Waals surface area contributed by atoms with Gasteiger partial charge in [-0.05, 0) is 75.6 Å². The molecule has 0 radical (unpaired) electrons. The molecule has 0 fully saturated rings. The highest BCUT2D eigenvalue weighted by Gasteiger charge is 2.31. The van der Waals surface area contributed by atoms with Gasteiger partial charge in [-0.15, -0.1) is 16.9 Å². The van der Waals surface area contributed by atoms with Crippen molar-refractivity contribution in [2.75, 3.05) is 16.4 Å². The van der Waals surface area contributed by atoms with Crippen molar-refractivity contribution >= 4 is 35.2 Å². The molecule has 1 heterocycles. The molecule has 2 rings (SSSR count). The first kappa shape index (κ1) is 49.8. The summed E-state index contributed by atoms with van der Waals surface area (Å²) in [6.07, 6.45) is 44.6. The zero-order chi connectivity index (χ0) is 39.7. The fourth-order valence-corrected chi connectivity index (χ4v) is 9.55. The molecule has 0 saturated heterocycles. The van der Waals surface area contributed by atoms with Gasteiger partial charge in [0.2, 0.25) is 0 Å².